The number of quaternary nitrogens is 1. The highest BCUT2D eigenvalue weighted by Crippen LogP contribution is 2.24. The molecule has 9 heteroatoms. The van der Waals surface area contributed by atoms with E-state index in [2.05, 4.69) is 22.3 Å². The fourth-order valence-corrected chi connectivity index (χ4v) is 4.46. The molecule has 0 spiro atoms. The summed E-state index contributed by atoms with van der Waals surface area (Å²) in [6.45, 7) is 13.1. The lowest BCUT2D eigenvalue weighted by atomic mass is 10.1. The number of nitrogens with two attached hydrogens (primary N) is 1. The number of nitrogens with one attached hydrogen (secondary N) is 1. The number of hydrogen-bond acceptors (Lipinski definition) is 6. The molecule has 0 radical (unpaired) electrons. The van der Waals surface area contributed by atoms with Gasteiger partial charge in [-0.05, 0) is 65.2 Å². The van der Waals surface area contributed by atoms with Crippen molar-refractivity contribution in [2.24, 2.45) is 0 Å². The van der Waals surface area contributed by atoms with Crippen LogP contribution in [0.2, 0.25) is 0 Å². The zero-order valence-electron chi connectivity index (χ0n) is 21.3. The second-order valence-corrected chi connectivity index (χ2v) is 10.5. The van der Waals surface area contributed by atoms with Crippen LogP contribution >= 0.6 is 0 Å². The summed E-state index contributed by atoms with van der Waals surface area (Å²) in [6.07, 6.45) is 0.437. The normalized spacial score (nSPS) is 19.3. The predicted octanol–water partition coefficient (Wildman–Crippen LogP) is 2.46. The van der Waals surface area contributed by atoms with E-state index >= 15 is 0 Å². The van der Waals surface area contributed by atoms with Gasteiger partial charge in [-0.2, -0.15) is 10.4 Å². The Morgan fingerprint density at radius 3 is 2.49 bits per heavy atom. The molecule has 9 nitrogen and oxygen atoms in total. The molecule has 1 fully saturated rings. The molecule has 1 unspecified atom stereocenters. The van der Waals surface area contributed by atoms with Gasteiger partial charge < -0.3 is 10.1 Å². The number of rotatable bonds is 5. The Morgan fingerprint density at radius 2 is 1.83 bits per heavy atom. The Hall–Kier alpha value is -3.30. The summed E-state index contributed by atoms with van der Waals surface area (Å²) in [5.41, 5.74) is 4.88. The summed E-state index contributed by atoms with van der Waals surface area (Å²) < 4.78 is 5.39. The molecule has 1 saturated heterocycles. The van der Waals surface area contributed by atoms with Gasteiger partial charge in [-0.15, -0.1) is 5.01 Å². The van der Waals surface area contributed by atoms with E-state index in [4.69, 9.17) is 9.72 Å². The van der Waals surface area contributed by atoms with Gasteiger partial charge in [0.25, 0.3) is 0 Å². The molecule has 0 saturated carbocycles. The van der Waals surface area contributed by atoms with Crippen molar-refractivity contribution in [2.45, 2.75) is 66.2 Å². The van der Waals surface area contributed by atoms with Gasteiger partial charge in [0, 0.05) is 48.3 Å². The van der Waals surface area contributed by atoms with Crippen LogP contribution in [-0.2, 0) is 20.9 Å². The van der Waals surface area contributed by atoms with Crippen molar-refractivity contribution in [2.75, 3.05) is 13.1 Å². The molecular weight excluding hydrogens is 446 g/mol. The lowest BCUT2D eigenvalue weighted by Crippen LogP contribution is -2.90. The molecule has 2 aliphatic heterocycles. The number of carbonyl (C=O) groups excluding carboxylic acids is 3. The minimum atomic E-state index is -0.534. The van der Waals surface area contributed by atoms with E-state index in [1.165, 1.54) is 5.43 Å². The van der Waals surface area contributed by atoms with Crippen LogP contribution in [0.1, 0.15) is 52.2 Å². The minimum absolute atomic E-state index is 0.0168. The number of ether oxygens (including phenoxy) is 1. The van der Waals surface area contributed by atoms with Crippen molar-refractivity contribution in [3.05, 3.63) is 46.5 Å². The molecule has 4 rings (SSSR count). The van der Waals surface area contributed by atoms with E-state index in [1.807, 2.05) is 39.8 Å². The van der Waals surface area contributed by atoms with E-state index < -0.39 is 11.7 Å². The number of pyridine rings is 1. The molecule has 2 aromatic rings. The van der Waals surface area contributed by atoms with Crippen LogP contribution in [0.4, 0.5) is 10.6 Å². The quantitative estimate of drug-likeness (QED) is 0.387. The van der Waals surface area contributed by atoms with Crippen LogP contribution in [0.25, 0.3) is 10.9 Å². The van der Waals surface area contributed by atoms with Gasteiger partial charge in [0.15, 0.2) is 0 Å². The van der Waals surface area contributed by atoms with Gasteiger partial charge >= 0.3 is 17.9 Å². The van der Waals surface area contributed by atoms with Crippen LogP contribution in [0, 0.1) is 6.92 Å². The number of imide groups is 1. The second kappa shape index (κ2) is 9.39. The molecule has 0 aliphatic carbocycles. The summed E-state index contributed by atoms with van der Waals surface area (Å²) >= 11 is 0. The maximum absolute atomic E-state index is 12.6. The Labute approximate surface area is 205 Å². The minimum Gasteiger partial charge on any atom is -0.444 e. The summed E-state index contributed by atoms with van der Waals surface area (Å²) in [4.78, 5) is 44.3. The van der Waals surface area contributed by atoms with Crippen molar-refractivity contribution >= 4 is 34.6 Å². The first-order valence-corrected chi connectivity index (χ1v) is 11.9. The van der Waals surface area contributed by atoms with Gasteiger partial charge in [-0.1, -0.05) is 12.1 Å². The van der Waals surface area contributed by atoms with E-state index in [0.717, 1.165) is 40.0 Å². The number of carbonyl (C=O) groups is 3. The van der Waals surface area contributed by atoms with Crippen molar-refractivity contribution in [3.8, 4) is 0 Å². The Bertz CT molecular complexity index is 1210. The summed E-state index contributed by atoms with van der Waals surface area (Å²) in [5.74, 6) is -0.0588. The molecule has 35 heavy (non-hydrogen) atoms. The average molecular weight is 481 g/mol. The average Bonchev–Trinajstić information content (AvgIpc) is 3.26. The molecule has 3 heterocycles. The number of fused-ring (bicyclic) bond motifs is 1. The first kappa shape index (κ1) is 24.8. The largest absolute Gasteiger partial charge is 0.444 e. The number of likely N-dealkylation sites (tertiary alicyclic amines) is 1. The van der Waals surface area contributed by atoms with E-state index in [0.29, 0.717) is 30.1 Å². The van der Waals surface area contributed by atoms with E-state index in [-0.39, 0.29) is 17.9 Å². The predicted molar refractivity (Wildman–Crippen MR) is 131 cm³/mol. The Morgan fingerprint density at radius 1 is 1.14 bits per heavy atom. The fourth-order valence-electron chi connectivity index (χ4n) is 4.46. The van der Waals surface area contributed by atoms with E-state index in [9.17, 15) is 14.4 Å². The number of aryl methyl sites for hydroxylation is 1. The Balaban J connectivity index is 1.52. The lowest BCUT2D eigenvalue weighted by molar-refractivity contribution is -0.701. The van der Waals surface area contributed by atoms with Crippen molar-refractivity contribution in [1.82, 2.24) is 20.2 Å². The number of amides is 3. The highest BCUT2D eigenvalue weighted by molar-refractivity contribution is 6.17. The molecule has 1 aromatic heterocycles. The molecule has 3 amide bonds. The highest BCUT2D eigenvalue weighted by atomic mass is 16.6. The first-order valence-electron chi connectivity index (χ1n) is 11.9. The summed E-state index contributed by atoms with van der Waals surface area (Å²) in [5, 5.41) is 5.14. The molecular formula is C26H34N5O4+. The molecule has 3 N–H and O–H groups in total. The van der Waals surface area contributed by atoms with Crippen LogP contribution in [0.5, 0.6) is 0 Å². The van der Waals surface area contributed by atoms with Crippen molar-refractivity contribution < 1.29 is 24.5 Å². The van der Waals surface area contributed by atoms with Gasteiger partial charge in [0.05, 0.1) is 5.52 Å². The van der Waals surface area contributed by atoms with Gasteiger partial charge in [0.2, 0.25) is 5.82 Å². The SMILES string of the molecule is CC1=C(C)C(=O)N([NH2+]c2cc(CN3CCC(NC(=O)OC(C)(C)C)C3)c3ccc(C)cc3n2)C1=O. The molecule has 2 aliphatic rings. The zero-order valence-corrected chi connectivity index (χ0v) is 21.3. The number of benzene rings is 1. The van der Waals surface area contributed by atoms with Crippen molar-refractivity contribution in [3.63, 3.8) is 0 Å². The van der Waals surface area contributed by atoms with Gasteiger partial charge in [-0.25, -0.2) is 4.79 Å². The number of nitrogens with zero attached hydrogens (tertiary/aromatic N) is 3. The third-order valence-electron chi connectivity index (χ3n) is 6.36. The van der Waals surface area contributed by atoms with Crippen LogP contribution in [-0.4, -0.2) is 57.5 Å². The summed E-state index contributed by atoms with van der Waals surface area (Å²) in [7, 11) is 0. The lowest BCUT2D eigenvalue weighted by Gasteiger charge is -2.22. The van der Waals surface area contributed by atoms with Crippen LogP contribution in [0.3, 0.4) is 0 Å². The molecule has 186 valence electrons. The first-order chi connectivity index (χ1) is 16.4. The second-order valence-electron chi connectivity index (χ2n) is 10.5. The number of aromatic nitrogens is 1. The number of hydrogen-bond donors (Lipinski definition) is 2. The molecule has 0 bridgehead atoms. The molecule has 1 atom stereocenters. The van der Waals surface area contributed by atoms with Gasteiger partial charge in [-0.3, -0.25) is 14.5 Å². The maximum Gasteiger partial charge on any atom is 0.407 e. The maximum atomic E-state index is 12.6. The zero-order chi connectivity index (χ0) is 25.5. The monoisotopic (exact) mass is 480 g/mol. The topological polar surface area (TPSA) is 108 Å². The standard InChI is InChI=1S/C26H33N5O4/c1-15-7-8-20-18(13-30-10-9-19(14-30)27-25(34)35-26(4,5)6)12-22(28-21(20)11-15)29-31-23(32)16(2)17(3)24(31)33/h7-8,11-12,19H,9-10,13-14H2,1-6H3,(H,27,34)(H,28,29)/p+1. The molecule has 1 aromatic carbocycles. The van der Waals surface area contributed by atoms with Crippen LogP contribution < -0.4 is 10.7 Å². The van der Waals surface area contributed by atoms with Gasteiger partial charge in [0.1, 0.15) is 5.60 Å². The third kappa shape index (κ3) is 5.52. The highest BCUT2D eigenvalue weighted by Gasteiger charge is 2.37. The fraction of sp³-hybridized carbons (Fsp3) is 0.462. The summed E-state index contributed by atoms with van der Waals surface area (Å²) in [6, 6.07) is 8.08. The van der Waals surface area contributed by atoms with Crippen LogP contribution in [0.15, 0.2) is 35.4 Å². The smallest absolute Gasteiger partial charge is 0.407 e. The van der Waals surface area contributed by atoms with E-state index in [1.54, 1.807) is 13.8 Å². The number of alkyl carbamates (subject to hydrolysis) is 1. The Kier molecular flexibility index (Phi) is 6.66. The third-order valence-corrected chi connectivity index (χ3v) is 6.36. The van der Waals surface area contributed by atoms with Crippen molar-refractivity contribution in [1.29, 1.82) is 0 Å².